The van der Waals surface area contributed by atoms with Crippen LogP contribution in [0.3, 0.4) is 0 Å². The van der Waals surface area contributed by atoms with E-state index >= 15 is 0 Å². The van der Waals surface area contributed by atoms with Crippen molar-refractivity contribution in [1.82, 2.24) is 4.90 Å². The second kappa shape index (κ2) is 5.76. The summed E-state index contributed by atoms with van der Waals surface area (Å²) >= 11 is 0. The van der Waals surface area contributed by atoms with Crippen molar-refractivity contribution in [2.75, 3.05) is 26.8 Å². The van der Waals surface area contributed by atoms with Gasteiger partial charge in [-0.15, -0.1) is 0 Å². The Morgan fingerprint density at radius 1 is 1.39 bits per heavy atom. The van der Waals surface area contributed by atoms with Crippen molar-refractivity contribution in [2.45, 2.75) is 13.3 Å². The van der Waals surface area contributed by atoms with E-state index in [4.69, 9.17) is 9.47 Å². The lowest BCUT2D eigenvalue weighted by Crippen LogP contribution is -2.32. The molecule has 2 rings (SSSR count). The van der Waals surface area contributed by atoms with Gasteiger partial charge in [-0.2, -0.15) is 0 Å². The number of hydrogen-bond acceptors (Lipinski definition) is 3. The van der Waals surface area contributed by atoms with Crippen LogP contribution < -0.4 is 9.47 Å². The largest absolute Gasteiger partial charge is 0.493 e. The number of para-hydroxylation sites is 2. The SMILES string of the molecule is COc1ccccc1OCC(=O)N1CCC(C)C1. The molecule has 0 aliphatic carbocycles. The normalized spacial score (nSPS) is 18.8. The lowest BCUT2D eigenvalue weighted by molar-refractivity contribution is -0.132. The van der Waals surface area contributed by atoms with E-state index in [1.54, 1.807) is 13.2 Å². The quantitative estimate of drug-likeness (QED) is 0.818. The minimum absolute atomic E-state index is 0.0465. The fourth-order valence-electron chi connectivity index (χ4n) is 2.13. The average Bonchev–Trinajstić information content (AvgIpc) is 2.83. The average molecular weight is 249 g/mol. The van der Waals surface area contributed by atoms with Crippen LogP contribution in [0.2, 0.25) is 0 Å². The van der Waals surface area contributed by atoms with Crippen LogP contribution in [0, 0.1) is 5.92 Å². The maximum Gasteiger partial charge on any atom is 0.260 e. The Morgan fingerprint density at radius 3 is 2.72 bits per heavy atom. The predicted molar refractivity (Wildman–Crippen MR) is 68.9 cm³/mol. The molecular formula is C14H19NO3. The summed E-state index contributed by atoms with van der Waals surface area (Å²) in [5.41, 5.74) is 0. The van der Waals surface area contributed by atoms with Gasteiger partial charge in [-0.25, -0.2) is 0 Å². The van der Waals surface area contributed by atoms with Gasteiger partial charge in [-0.1, -0.05) is 19.1 Å². The Hall–Kier alpha value is -1.71. The van der Waals surface area contributed by atoms with Gasteiger partial charge < -0.3 is 14.4 Å². The highest BCUT2D eigenvalue weighted by Crippen LogP contribution is 2.25. The van der Waals surface area contributed by atoms with Gasteiger partial charge >= 0.3 is 0 Å². The molecule has 0 aromatic heterocycles. The number of carbonyl (C=O) groups excluding carboxylic acids is 1. The summed E-state index contributed by atoms with van der Waals surface area (Å²) < 4.78 is 10.7. The summed E-state index contributed by atoms with van der Waals surface area (Å²) in [6, 6.07) is 7.35. The summed E-state index contributed by atoms with van der Waals surface area (Å²) in [6.45, 7) is 3.92. The van der Waals surface area contributed by atoms with Gasteiger partial charge in [0.15, 0.2) is 18.1 Å². The minimum Gasteiger partial charge on any atom is -0.493 e. The molecular weight excluding hydrogens is 230 g/mol. The number of benzene rings is 1. The van der Waals surface area contributed by atoms with E-state index in [2.05, 4.69) is 6.92 Å². The highest BCUT2D eigenvalue weighted by molar-refractivity contribution is 5.78. The van der Waals surface area contributed by atoms with Crippen LogP contribution in [0.25, 0.3) is 0 Å². The topological polar surface area (TPSA) is 38.8 Å². The molecule has 1 atom stereocenters. The van der Waals surface area contributed by atoms with Crippen LogP contribution in [0.5, 0.6) is 11.5 Å². The molecule has 0 bridgehead atoms. The van der Waals surface area contributed by atoms with Crippen LogP contribution in [0.1, 0.15) is 13.3 Å². The van der Waals surface area contributed by atoms with Crippen LogP contribution in [0.4, 0.5) is 0 Å². The van der Waals surface area contributed by atoms with Crippen molar-refractivity contribution >= 4 is 5.91 Å². The first-order valence-corrected chi connectivity index (χ1v) is 6.24. The standard InChI is InChI=1S/C14H19NO3/c1-11-7-8-15(9-11)14(16)10-18-13-6-4-3-5-12(13)17-2/h3-6,11H,7-10H2,1-2H3. The smallest absolute Gasteiger partial charge is 0.260 e. The maximum absolute atomic E-state index is 11.9. The fraction of sp³-hybridized carbons (Fsp3) is 0.500. The molecule has 4 nitrogen and oxygen atoms in total. The van der Waals surface area contributed by atoms with Crippen LogP contribution >= 0.6 is 0 Å². The van der Waals surface area contributed by atoms with Gasteiger partial charge in [-0.3, -0.25) is 4.79 Å². The zero-order chi connectivity index (χ0) is 13.0. The highest BCUT2D eigenvalue weighted by Gasteiger charge is 2.23. The van der Waals surface area contributed by atoms with Crippen LogP contribution in [-0.2, 0) is 4.79 Å². The van der Waals surface area contributed by atoms with E-state index in [-0.39, 0.29) is 12.5 Å². The third kappa shape index (κ3) is 2.94. The monoisotopic (exact) mass is 249 g/mol. The van der Waals surface area contributed by atoms with Gasteiger partial charge in [0.1, 0.15) is 0 Å². The molecule has 4 heteroatoms. The number of hydrogen-bond donors (Lipinski definition) is 0. The number of amides is 1. The van der Waals surface area contributed by atoms with Crippen molar-refractivity contribution in [3.05, 3.63) is 24.3 Å². The predicted octanol–water partition coefficient (Wildman–Crippen LogP) is 1.94. The van der Waals surface area contributed by atoms with E-state index in [0.29, 0.717) is 17.4 Å². The molecule has 1 aliphatic heterocycles. The molecule has 1 aliphatic rings. The summed E-state index contributed by atoms with van der Waals surface area (Å²) in [5, 5.41) is 0. The van der Waals surface area contributed by atoms with Crippen molar-refractivity contribution in [3.63, 3.8) is 0 Å². The van der Waals surface area contributed by atoms with Crippen molar-refractivity contribution in [2.24, 2.45) is 5.92 Å². The molecule has 98 valence electrons. The summed E-state index contributed by atoms with van der Waals surface area (Å²) in [6.07, 6.45) is 1.08. The lowest BCUT2D eigenvalue weighted by Gasteiger charge is -2.16. The molecule has 1 saturated heterocycles. The third-order valence-corrected chi connectivity index (χ3v) is 3.20. The number of methoxy groups -OCH3 is 1. The molecule has 0 spiro atoms. The summed E-state index contributed by atoms with van der Waals surface area (Å²) in [7, 11) is 1.59. The van der Waals surface area contributed by atoms with Gasteiger partial charge in [0.05, 0.1) is 7.11 Å². The van der Waals surface area contributed by atoms with E-state index in [0.717, 1.165) is 19.5 Å². The Morgan fingerprint density at radius 2 is 2.11 bits per heavy atom. The Labute approximate surface area is 107 Å². The fourth-order valence-corrected chi connectivity index (χ4v) is 2.13. The van der Waals surface area contributed by atoms with Crippen molar-refractivity contribution in [1.29, 1.82) is 0 Å². The van der Waals surface area contributed by atoms with Crippen molar-refractivity contribution < 1.29 is 14.3 Å². The Kier molecular flexibility index (Phi) is 4.07. The number of carbonyl (C=O) groups is 1. The van der Waals surface area contributed by atoms with E-state index in [1.165, 1.54) is 0 Å². The molecule has 1 amide bonds. The Balaban J connectivity index is 1.89. The van der Waals surface area contributed by atoms with Gasteiger partial charge in [0, 0.05) is 13.1 Å². The summed E-state index contributed by atoms with van der Waals surface area (Å²) in [4.78, 5) is 13.8. The number of nitrogens with zero attached hydrogens (tertiary/aromatic N) is 1. The maximum atomic E-state index is 11.9. The second-order valence-electron chi connectivity index (χ2n) is 4.67. The van der Waals surface area contributed by atoms with E-state index < -0.39 is 0 Å². The molecule has 1 unspecified atom stereocenters. The first kappa shape index (κ1) is 12.7. The molecule has 1 fully saturated rings. The number of likely N-dealkylation sites (tertiary alicyclic amines) is 1. The molecule has 1 aromatic carbocycles. The van der Waals surface area contributed by atoms with Crippen LogP contribution in [0.15, 0.2) is 24.3 Å². The first-order valence-electron chi connectivity index (χ1n) is 6.24. The minimum atomic E-state index is 0.0465. The lowest BCUT2D eigenvalue weighted by atomic mass is 10.2. The zero-order valence-electron chi connectivity index (χ0n) is 10.9. The zero-order valence-corrected chi connectivity index (χ0v) is 10.9. The van der Waals surface area contributed by atoms with Crippen molar-refractivity contribution in [3.8, 4) is 11.5 Å². The second-order valence-corrected chi connectivity index (χ2v) is 4.67. The molecule has 18 heavy (non-hydrogen) atoms. The molecule has 0 N–H and O–H groups in total. The van der Waals surface area contributed by atoms with Gasteiger partial charge in [-0.05, 0) is 24.5 Å². The first-order chi connectivity index (χ1) is 8.70. The number of rotatable bonds is 4. The molecule has 1 aromatic rings. The molecule has 0 radical (unpaired) electrons. The van der Waals surface area contributed by atoms with Gasteiger partial charge in [0.25, 0.3) is 5.91 Å². The van der Waals surface area contributed by atoms with Crippen LogP contribution in [-0.4, -0.2) is 37.6 Å². The molecule has 1 heterocycles. The summed E-state index contributed by atoms with van der Waals surface area (Å²) in [5.74, 6) is 1.91. The van der Waals surface area contributed by atoms with Gasteiger partial charge in [0.2, 0.25) is 0 Å². The molecule has 0 saturated carbocycles. The Bertz CT molecular complexity index is 419. The highest BCUT2D eigenvalue weighted by atomic mass is 16.5. The van der Waals surface area contributed by atoms with E-state index in [9.17, 15) is 4.79 Å². The van der Waals surface area contributed by atoms with E-state index in [1.807, 2.05) is 23.1 Å². The third-order valence-electron chi connectivity index (χ3n) is 3.20. The number of ether oxygens (including phenoxy) is 2.